The first-order valence-electron chi connectivity index (χ1n) is 8.81. The molecule has 4 N–H and O–H groups in total. The molecule has 2 aromatic carbocycles. The Hall–Kier alpha value is -3.44. The van der Waals surface area contributed by atoms with Crippen LogP contribution in [-0.4, -0.2) is 37.8 Å². The number of anilines is 3. The molecular formula is C19H20FN5O4S. The van der Waals surface area contributed by atoms with E-state index in [-0.39, 0.29) is 17.5 Å². The predicted octanol–water partition coefficient (Wildman–Crippen LogP) is 2.86. The van der Waals surface area contributed by atoms with Gasteiger partial charge in [0.1, 0.15) is 18.1 Å². The van der Waals surface area contributed by atoms with Gasteiger partial charge in [-0.2, -0.15) is 4.98 Å². The Labute approximate surface area is 173 Å². The summed E-state index contributed by atoms with van der Waals surface area (Å²) in [7, 11) is -3.52. The average Bonchev–Trinajstić information content (AvgIpc) is 2.69. The van der Waals surface area contributed by atoms with E-state index >= 15 is 0 Å². The predicted molar refractivity (Wildman–Crippen MR) is 111 cm³/mol. The van der Waals surface area contributed by atoms with Crippen LogP contribution in [0.3, 0.4) is 0 Å². The van der Waals surface area contributed by atoms with E-state index in [1.165, 1.54) is 6.07 Å². The summed E-state index contributed by atoms with van der Waals surface area (Å²) < 4.78 is 50.7. The molecular weight excluding hydrogens is 413 g/mol. The number of hydrogen-bond acceptors (Lipinski definition) is 8. The van der Waals surface area contributed by atoms with Crippen LogP contribution in [0.1, 0.15) is 0 Å². The van der Waals surface area contributed by atoms with Gasteiger partial charge >= 0.3 is 6.01 Å². The van der Waals surface area contributed by atoms with Crippen molar-refractivity contribution in [1.29, 1.82) is 0 Å². The van der Waals surface area contributed by atoms with Crippen LogP contribution in [0.4, 0.5) is 21.6 Å². The highest BCUT2D eigenvalue weighted by atomic mass is 32.2. The van der Waals surface area contributed by atoms with E-state index in [0.29, 0.717) is 30.3 Å². The number of aromatic nitrogens is 2. The van der Waals surface area contributed by atoms with Crippen molar-refractivity contribution in [2.45, 2.75) is 0 Å². The summed E-state index contributed by atoms with van der Waals surface area (Å²) in [5.41, 5.74) is 5.97. The van der Waals surface area contributed by atoms with Gasteiger partial charge in [0.25, 0.3) is 0 Å². The highest BCUT2D eigenvalue weighted by molar-refractivity contribution is 7.92. The fraction of sp³-hybridized carbons (Fsp3) is 0.158. The largest absolute Gasteiger partial charge is 0.492 e. The smallest absolute Gasteiger partial charge is 0.324 e. The van der Waals surface area contributed by atoms with Gasteiger partial charge in [-0.15, -0.1) is 0 Å². The monoisotopic (exact) mass is 433 g/mol. The lowest BCUT2D eigenvalue weighted by Crippen LogP contribution is -2.11. The molecule has 0 unspecified atom stereocenters. The van der Waals surface area contributed by atoms with Gasteiger partial charge in [0.05, 0.1) is 23.8 Å². The summed E-state index contributed by atoms with van der Waals surface area (Å²) in [4.78, 5) is 7.86. The SMILES string of the molecule is CS(=O)(=O)Nc1ccccc1Nc1nc(Oc2cccc(OCCN)c2)ncc1F. The van der Waals surface area contributed by atoms with Gasteiger partial charge < -0.3 is 20.5 Å². The van der Waals surface area contributed by atoms with Crippen molar-refractivity contribution in [3.05, 3.63) is 60.5 Å². The van der Waals surface area contributed by atoms with Crippen molar-refractivity contribution < 1.29 is 22.3 Å². The second-order valence-corrected chi connectivity index (χ2v) is 7.86. The molecule has 9 nitrogen and oxygen atoms in total. The molecule has 0 atom stereocenters. The molecule has 0 aliphatic heterocycles. The van der Waals surface area contributed by atoms with Gasteiger partial charge in [0.2, 0.25) is 10.0 Å². The summed E-state index contributed by atoms with van der Waals surface area (Å²) >= 11 is 0. The number of nitrogens with two attached hydrogens (primary N) is 1. The maximum absolute atomic E-state index is 14.3. The first kappa shape index (κ1) is 21.3. The number of benzene rings is 2. The van der Waals surface area contributed by atoms with Gasteiger partial charge in [0, 0.05) is 12.6 Å². The second-order valence-electron chi connectivity index (χ2n) is 6.11. The highest BCUT2D eigenvalue weighted by Gasteiger charge is 2.13. The summed E-state index contributed by atoms with van der Waals surface area (Å²) in [6, 6.07) is 13.1. The molecule has 0 aliphatic carbocycles. The van der Waals surface area contributed by atoms with E-state index in [2.05, 4.69) is 20.0 Å². The van der Waals surface area contributed by atoms with E-state index in [1.54, 1.807) is 42.5 Å². The van der Waals surface area contributed by atoms with Crippen LogP contribution >= 0.6 is 0 Å². The van der Waals surface area contributed by atoms with E-state index < -0.39 is 15.8 Å². The lowest BCUT2D eigenvalue weighted by atomic mass is 10.2. The van der Waals surface area contributed by atoms with Crippen molar-refractivity contribution in [3.63, 3.8) is 0 Å². The third-order valence-electron chi connectivity index (χ3n) is 3.60. The van der Waals surface area contributed by atoms with Gasteiger partial charge in [0.15, 0.2) is 11.6 Å². The van der Waals surface area contributed by atoms with Crippen molar-refractivity contribution in [3.8, 4) is 17.5 Å². The molecule has 11 heteroatoms. The number of nitrogens with one attached hydrogen (secondary N) is 2. The van der Waals surface area contributed by atoms with Crippen molar-refractivity contribution in [2.75, 3.05) is 29.4 Å². The summed E-state index contributed by atoms with van der Waals surface area (Å²) in [6.07, 6.45) is 1.97. The Balaban J connectivity index is 1.82. The van der Waals surface area contributed by atoms with Crippen LogP contribution in [0.2, 0.25) is 0 Å². The second kappa shape index (κ2) is 9.37. The Morgan fingerprint density at radius 2 is 1.83 bits per heavy atom. The first-order chi connectivity index (χ1) is 14.3. The number of hydrogen-bond donors (Lipinski definition) is 3. The zero-order valence-corrected chi connectivity index (χ0v) is 16.8. The van der Waals surface area contributed by atoms with Gasteiger partial charge in [-0.05, 0) is 24.3 Å². The third kappa shape index (κ3) is 6.03. The molecule has 0 amide bonds. The van der Waals surface area contributed by atoms with Gasteiger partial charge in [-0.25, -0.2) is 17.8 Å². The Kier molecular flexibility index (Phi) is 6.65. The third-order valence-corrected chi connectivity index (χ3v) is 4.19. The molecule has 0 fully saturated rings. The van der Waals surface area contributed by atoms with E-state index in [1.807, 2.05) is 0 Å². The topological polar surface area (TPSA) is 128 Å². The number of para-hydroxylation sites is 2. The van der Waals surface area contributed by atoms with E-state index in [0.717, 1.165) is 12.5 Å². The lowest BCUT2D eigenvalue weighted by Gasteiger charge is -2.13. The molecule has 0 spiro atoms. The molecule has 1 aromatic heterocycles. The zero-order valence-electron chi connectivity index (χ0n) is 16.0. The summed E-state index contributed by atoms with van der Waals surface area (Å²) in [6.45, 7) is 0.725. The highest BCUT2D eigenvalue weighted by Crippen LogP contribution is 2.28. The van der Waals surface area contributed by atoms with E-state index in [9.17, 15) is 12.8 Å². The minimum absolute atomic E-state index is 0.108. The normalized spacial score (nSPS) is 11.0. The van der Waals surface area contributed by atoms with Crippen LogP contribution in [-0.2, 0) is 10.0 Å². The fourth-order valence-electron chi connectivity index (χ4n) is 2.41. The molecule has 30 heavy (non-hydrogen) atoms. The maximum Gasteiger partial charge on any atom is 0.324 e. The number of rotatable bonds is 9. The Bertz CT molecular complexity index is 1130. The molecule has 0 saturated heterocycles. The molecule has 0 bridgehead atoms. The lowest BCUT2D eigenvalue weighted by molar-refractivity contribution is 0.326. The van der Waals surface area contributed by atoms with E-state index in [4.69, 9.17) is 15.2 Å². The van der Waals surface area contributed by atoms with Gasteiger partial charge in [-0.1, -0.05) is 18.2 Å². The molecule has 0 aliphatic rings. The van der Waals surface area contributed by atoms with Gasteiger partial charge in [-0.3, -0.25) is 4.72 Å². The molecule has 0 saturated carbocycles. The summed E-state index contributed by atoms with van der Waals surface area (Å²) in [5, 5.41) is 2.76. The minimum Gasteiger partial charge on any atom is -0.492 e. The number of ether oxygens (including phenoxy) is 2. The quantitative estimate of drug-likeness (QED) is 0.470. The molecule has 1 heterocycles. The van der Waals surface area contributed by atoms with Crippen molar-refractivity contribution >= 4 is 27.2 Å². The standard InChI is InChI=1S/C19H20FN5O4S/c1-30(26,27)25-17-8-3-2-7-16(17)23-18-15(20)12-22-19(24-18)29-14-6-4-5-13(11-14)28-10-9-21/h2-8,11-12,25H,9-10,21H2,1H3,(H,22,23,24). The summed E-state index contributed by atoms with van der Waals surface area (Å²) in [5.74, 6) is 0.0234. The van der Waals surface area contributed by atoms with Crippen molar-refractivity contribution in [1.82, 2.24) is 9.97 Å². The molecule has 0 radical (unpaired) electrons. The van der Waals surface area contributed by atoms with Crippen LogP contribution in [0.5, 0.6) is 17.5 Å². The first-order valence-corrected chi connectivity index (χ1v) is 10.7. The number of nitrogens with zero attached hydrogens (tertiary/aromatic N) is 2. The van der Waals surface area contributed by atoms with Crippen LogP contribution in [0.15, 0.2) is 54.7 Å². The van der Waals surface area contributed by atoms with Crippen LogP contribution < -0.4 is 25.2 Å². The average molecular weight is 433 g/mol. The van der Waals surface area contributed by atoms with Crippen LogP contribution in [0.25, 0.3) is 0 Å². The Morgan fingerprint density at radius 3 is 2.57 bits per heavy atom. The molecule has 3 aromatic rings. The number of halogens is 1. The number of sulfonamides is 1. The maximum atomic E-state index is 14.3. The molecule has 158 valence electrons. The fourth-order valence-corrected chi connectivity index (χ4v) is 2.98. The molecule has 3 rings (SSSR count). The van der Waals surface area contributed by atoms with Crippen molar-refractivity contribution in [2.24, 2.45) is 5.73 Å². The minimum atomic E-state index is -3.52. The van der Waals surface area contributed by atoms with Crippen LogP contribution in [0, 0.1) is 5.82 Å². The zero-order chi connectivity index (χ0) is 21.6. The Morgan fingerprint density at radius 1 is 1.10 bits per heavy atom.